The first-order valence-corrected chi connectivity index (χ1v) is 8.48. The van der Waals surface area contributed by atoms with Crippen molar-refractivity contribution in [3.63, 3.8) is 0 Å². The van der Waals surface area contributed by atoms with Gasteiger partial charge in [0, 0.05) is 12.5 Å². The average Bonchev–Trinajstić information content (AvgIpc) is 2.81. The highest BCUT2D eigenvalue weighted by Crippen LogP contribution is 2.21. The van der Waals surface area contributed by atoms with Crippen molar-refractivity contribution in [2.75, 3.05) is 6.26 Å². The number of benzene rings is 1. The van der Waals surface area contributed by atoms with Crippen LogP contribution in [0.4, 0.5) is 0 Å². The summed E-state index contributed by atoms with van der Waals surface area (Å²) >= 11 is 5.77. The van der Waals surface area contributed by atoms with E-state index in [1.807, 2.05) is 24.3 Å². The zero-order valence-corrected chi connectivity index (χ0v) is 12.8. The highest BCUT2D eigenvalue weighted by atomic mass is 35.5. The maximum absolute atomic E-state index is 11.9. The van der Waals surface area contributed by atoms with Crippen LogP contribution in [0.25, 0.3) is 11.0 Å². The van der Waals surface area contributed by atoms with Gasteiger partial charge in [0.05, 0.1) is 17.6 Å². The number of para-hydroxylation sites is 2. The number of sulfone groups is 1. The summed E-state index contributed by atoms with van der Waals surface area (Å²) < 4.78 is 25.6. The molecule has 0 saturated heterocycles. The minimum atomic E-state index is -3.42. The summed E-state index contributed by atoms with van der Waals surface area (Å²) in [5.74, 6) is 0. The molecule has 0 amide bonds. The molecule has 0 spiro atoms. The molecule has 0 radical (unpaired) electrons. The fraction of sp³-hybridized carbons (Fsp3) is 0.143. The number of fused-ring (bicyclic) bond motifs is 1. The Labute approximate surface area is 127 Å². The van der Waals surface area contributed by atoms with E-state index in [0.29, 0.717) is 17.2 Å². The fourth-order valence-electron chi connectivity index (χ4n) is 2.17. The standard InChI is InChI=1S/C14H12ClN3O2S/c1-21(19,20)14-17-11-4-2-3-5-12(11)18(14)9-10-6-7-13(15)16-8-10/h2-8H,9H2,1H3. The zero-order valence-electron chi connectivity index (χ0n) is 11.2. The van der Waals surface area contributed by atoms with Gasteiger partial charge in [-0.2, -0.15) is 0 Å². The van der Waals surface area contributed by atoms with Crippen LogP contribution in [0.5, 0.6) is 0 Å². The van der Waals surface area contributed by atoms with Crippen molar-refractivity contribution in [1.29, 1.82) is 0 Å². The van der Waals surface area contributed by atoms with Crippen LogP contribution in [-0.2, 0) is 16.4 Å². The minimum absolute atomic E-state index is 0.0543. The monoisotopic (exact) mass is 321 g/mol. The van der Waals surface area contributed by atoms with Gasteiger partial charge >= 0.3 is 0 Å². The van der Waals surface area contributed by atoms with E-state index in [9.17, 15) is 8.42 Å². The molecule has 0 atom stereocenters. The van der Waals surface area contributed by atoms with Gasteiger partial charge in [0.2, 0.25) is 15.0 Å². The second kappa shape index (κ2) is 5.13. The number of imidazole rings is 1. The Bertz CT molecular complexity index is 902. The average molecular weight is 322 g/mol. The molecule has 0 saturated carbocycles. The highest BCUT2D eigenvalue weighted by Gasteiger charge is 2.19. The largest absolute Gasteiger partial charge is 0.310 e. The molecular weight excluding hydrogens is 310 g/mol. The van der Waals surface area contributed by atoms with E-state index < -0.39 is 9.84 Å². The van der Waals surface area contributed by atoms with E-state index in [0.717, 1.165) is 17.3 Å². The van der Waals surface area contributed by atoms with Crippen LogP contribution in [-0.4, -0.2) is 29.2 Å². The molecule has 0 fully saturated rings. The van der Waals surface area contributed by atoms with Gasteiger partial charge < -0.3 is 4.57 Å². The maximum atomic E-state index is 11.9. The molecule has 0 aliphatic carbocycles. The summed E-state index contributed by atoms with van der Waals surface area (Å²) in [7, 11) is -3.42. The molecule has 0 unspecified atom stereocenters. The molecule has 0 aliphatic rings. The van der Waals surface area contributed by atoms with Crippen LogP contribution in [0.2, 0.25) is 5.15 Å². The number of hydrogen-bond acceptors (Lipinski definition) is 4. The number of aromatic nitrogens is 3. The van der Waals surface area contributed by atoms with Gasteiger partial charge in [0.1, 0.15) is 5.15 Å². The molecule has 1 aromatic carbocycles. The van der Waals surface area contributed by atoms with Crippen molar-refractivity contribution in [1.82, 2.24) is 14.5 Å². The molecule has 3 aromatic rings. The van der Waals surface area contributed by atoms with Gasteiger partial charge in [-0.3, -0.25) is 0 Å². The lowest BCUT2D eigenvalue weighted by Crippen LogP contribution is -2.10. The molecule has 5 nitrogen and oxygen atoms in total. The lowest BCUT2D eigenvalue weighted by atomic mass is 10.2. The Balaban J connectivity index is 2.17. The Hall–Kier alpha value is -1.92. The lowest BCUT2D eigenvalue weighted by Gasteiger charge is -2.08. The summed E-state index contributed by atoms with van der Waals surface area (Å²) in [6, 6.07) is 10.8. The lowest BCUT2D eigenvalue weighted by molar-refractivity contribution is 0.581. The van der Waals surface area contributed by atoms with Crippen LogP contribution < -0.4 is 0 Å². The molecule has 2 aromatic heterocycles. The summed E-state index contributed by atoms with van der Waals surface area (Å²) in [5.41, 5.74) is 2.28. The minimum Gasteiger partial charge on any atom is -0.310 e. The Kier molecular flexibility index (Phi) is 3.43. The first kappa shape index (κ1) is 14.0. The van der Waals surface area contributed by atoms with Crippen molar-refractivity contribution < 1.29 is 8.42 Å². The van der Waals surface area contributed by atoms with Crippen molar-refractivity contribution in [2.45, 2.75) is 11.7 Å². The summed E-state index contributed by atoms with van der Waals surface area (Å²) in [6.45, 7) is 0.368. The third-order valence-corrected chi connectivity index (χ3v) is 4.28. The molecule has 2 heterocycles. The first-order valence-electron chi connectivity index (χ1n) is 6.21. The molecule has 0 aliphatic heterocycles. The molecule has 21 heavy (non-hydrogen) atoms. The van der Waals surface area contributed by atoms with E-state index in [2.05, 4.69) is 9.97 Å². The number of hydrogen-bond donors (Lipinski definition) is 0. The van der Waals surface area contributed by atoms with E-state index in [1.54, 1.807) is 22.9 Å². The molecule has 0 N–H and O–H groups in total. The van der Waals surface area contributed by atoms with Gasteiger partial charge in [-0.25, -0.2) is 18.4 Å². The second-order valence-corrected chi connectivity index (χ2v) is 7.03. The first-order chi connectivity index (χ1) is 9.95. The zero-order chi connectivity index (χ0) is 15.0. The summed E-state index contributed by atoms with van der Waals surface area (Å²) in [5, 5.41) is 0.455. The topological polar surface area (TPSA) is 64.8 Å². The van der Waals surface area contributed by atoms with Gasteiger partial charge in [0.25, 0.3) is 0 Å². The van der Waals surface area contributed by atoms with Gasteiger partial charge in [-0.05, 0) is 23.8 Å². The fourth-order valence-corrected chi connectivity index (χ4v) is 3.11. The van der Waals surface area contributed by atoms with Crippen molar-refractivity contribution in [3.05, 3.63) is 53.3 Å². The Morgan fingerprint density at radius 3 is 2.62 bits per heavy atom. The SMILES string of the molecule is CS(=O)(=O)c1nc2ccccc2n1Cc1ccc(Cl)nc1. The van der Waals surface area contributed by atoms with Crippen molar-refractivity contribution in [3.8, 4) is 0 Å². The molecule has 108 valence electrons. The number of halogens is 1. The van der Waals surface area contributed by atoms with Crippen LogP contribution in [0.3, 0.4) is 0 Å². The Morgan fingerprint density at radius 1 is 1.19 bits per heavy atom. The smallest absolute Gasteiger partial charge is 0.228 e. The second-order valence-electron chi connectivity index (χ2n) is 4.73. The molecule has 7 heteroatoms. The van der Waals surface area contributed by atoms with E-state index in [1.165, 1.54) is 0 Å². The van der Waals surface area contributed by atoms with Gasteiger partial charge in [-0.1, -0.05) is 29.8 Å². The summed E-state index contributed by atoms with van der Waals surface area (Å²) in [4.78, 5) is 8.24. The number of rotatable bonds is 3. The third-order valence-electron chi connectivity index (χ3n) is 3.08. The van der Waals surface area contributed by atoms with Crippen LogP contribution in [0.1, 0.15) is 5.56 Å². The number of pyridine rings is 1. The number of nitrogens with zero attached hydrogens (tertiary/aromatic N) is 3. The molecular formula is C14H12ClN3O2S. The van der Waals surface area contributed by atoms with Crippen molar-refractivity contribution >= 4 is 32.5 Å². The predicted octanol–water partition coefficient (Wildman–Crippen LogP) is 2.54. The summed E-state index contributed by atoms with van der Waals surface area (Å²) in [6.07, 6.45) is 2.79. The van der Waals surface area contributed by atoms with Gasteiger partial charge in [-0.15, -0.1) is 0 Å². The third kappa shape index (κ3) is 2.77. The van der Waals surface area contributed by atoms with Crippen LogP contribution in [0.15, 0.2) is 47.8 Å². The predicted molar refractivity (Wildman–Crippen MR) is 81.2 cm³/mol. The van der Waals surface area contributed by atoms with Crippen LogP contribution in [0, 0.1) is 0 Å². The van der Waals surface area contributed by atoms with E-state index >= 15 is 0 Å². The Morgan fingerprint density at radius 2 is 1.95 bits per heavy atom. The normalized spacial score (nSPS) is 11.9. The van der Waals surface area contributed by atoms with Crippen LogP contribution >= 0.6 is 11.6 Å². The quantitative estimate of drug-likeness (QED) is 0.695. The maximum Gasteiger partial charge on any atom is 0.228 e. The molecule has 0 bridgehead atoms. The van der Waals surface area contributed by atoms with E-state index in [4.69, 9.17) is 11.6 Å². The van der Waals surface area contributed by atoms with Crippen molar-refractivity contribution in [2.24, 2.45) is 0 Å². The van der Waals surface area contributed by atoms with E-state index in [-0.39, 0.29) is 5.16 Å². The van der Waals surface area contributed by atoms with Gasteiger partial charge in [0.15, 0.2) is 0 Å². The molecule has 3 rings (SSSR count). The highest BCUT2D eigenvalue weighted by molar-refractivity contribution is 7.90.